The summed E-state index contributed by atoms with van der Waals surface area (Å²) in [6, 6.07) is 5.96. The molecule has 5 heteroatoms. The summed E-state index contributed by atoms with van der Waals surface area (Å²) < 4.78 is 5.56. The van der Waals surface area contributed by atoms with Gasteiger partial charge in [-0.1, -0.05) is 31.5 Å². The summed E-state index contributed by atoms with van der Waals surface area (Å²) in [5, 5.41) is 3.87. The van der Waals surface area contributed by atoms with Crippen LogP contribution < -0.4 is 10.1 Å². The fourth-order valence-electron chi connectivity index (χ4n) is 1.47. The van der Waals surface area contributed by atoms with Gasteiger partial charge in [0.25, 0.3) is 0 Å². The molecule has 0 aliphatic heterocycles. The summed E-state index contributed by atoms with van der Waals surface area (Å²) >= 11 is 5.84. The molecule has 0 radical (unpaired) electrons. The highest BCUT2D eigenvalue weighted by Crippen LogP contribution is 2.21. The van der Waals surface area contributed by atoms with Crippen molar-refractivity contribution in [1.82, 2.24) is 15.3 Å². The summed E-state index contributed by atoms with van der Waals surface area (Å²) in [6.07, 6.45) is 4.95. The summed E-state index contributed by atoms with van der Waals surface area (Å²) in [5.41, 5.74) is 1.12. The fraction of sp³-hybridized carbons (Fsp3) is 0.286. The van der Waals surface area contributed by atoms with Crippen LogP contribution in [0.2, 0.25) is 5.02 Å². The molecule has 0 aliphatic carbocycles. The van der Waals surface area contributed by atoms with E-state index in [1.807, 2.05) is 12.1 Å². The summed E-state index contributed by atoms with van der Waals surface area (Å²) in [7, 11) is 0. The van der Waals surface area contributed by atoms with E-state index in [1.165, 1.54) is 0 Å². The normalized spacial score (nSPS) is 10.7. The second-order valence-corrected chi connectivity index (χ2v) is 4.92. The molecule has 1 N–H and O–H groups in total. The smallest absolute Gasteiger partial charge is 0.219 e. The molecule has 0 fully saturated rings. The average molecular weight is 278 g/mol. The van der Waals surface area contributed by atoms with E-state index < -0.39 is 0 Å². The topological polar surface area (TPSA) is 47.0 Å². The maximum absolute atomic E-state index is 5.84. The van der Waals surface area contributed by atoms with Crippen LogP contribution in [-0.4, -0.2) is 16.0 Å². The van der Waals surface area contributed by atoms with Crippen molar-refractivity contribution >= 4 is 11.6 Å². The quantitative estimate of drug-likeness (QED) is 0.910. The Kier molecular flexibility index (Phi) is 4.71. The lowest BCUT2D eigenvalue weighted by Gasteiger charge is -2.08. The van der Waals surface area contributed by atoms with Crippen molar-refractivity contribution in [3.8, 4) is 11.6 Å². The first-order valence-electron chi connectivity index (χ1n) is 6.10. The van der Waals surface area contributed by atoms with Gasteiger partial charge < -0.3 is 10.1 Å². The molecule has 2 heterocycles. The minimum Gasteiger partial charge on any atom is -0.437 e. The zero-order valence-electron chi connectivity index (χ0n) is 10.9. The van der Waals surface area contributed by atoms with Crippen molar-refractivity contribution in [1.29, 1.82) is 0 Å². The first-order valence-corrected chi connectivity index (χ1v) is 6.48. The third-order valence-electron chi connectivity index (χ3n) is 2.41. The molecule has 2 aromatic heterocycles. The van der Waals surface area contributed by atoms with E-state index in [1.54, 1.807) is 24.7 Å². The molecule has 100 valence electrons. The standard InChI is InChI=1S/C14H16ClN3O/c1-10(2)17-6-11-3-4-14(18-7-11)19-13-5-12(15)8-16-9-13/h3-5,7-10,17H,6H2,1-2H3. The lowest BCUT2D eigenvalue weighted by atomic mass is 10.2. The van der Waals surface area contributed by atoms with Crippen LogP contribution in [0, 0.1) is 0 Å². The van der Waals surface area contributed by atoms with Crippen LogP contribution in [-0.2, 0) is 6.54 Å². The Morgan fingerprint density at radius 3 is 2.74 bits per heavy atom. The molecule has 0 atom stereocenters. The van der Waals surface area contributed by atoms with Crippen LogP contribution >= 0.6 is 11.6 Å². The van der Waals surface area contributed by atoms with Crippen molar-refractivity contribution in [2.45, 2.75) is 26.4 Å². The molecule has 19 heavy (non-hydrogen) atoms. The SMILES string of the molecule is CC(C)NCc1ccc(Oc2cncc(Cl)c2)nc1. The van der Waals surface area contributed by atoms with Crippen LogP contribution in [0.1, 0.15) is 19.4 Å². The molecule has 0 unspecified atom stereocenters. The maximum Gasteiger partial charge on any atom is 0.219 e. The van der Waals surface area contributed by atoms with Crippen LogP contribution in [0.4, 0.5) is 0 Å². The van der Waals surface area contributed by atoms with Gasteiger partial charge >= 0.3 is 0 Å². The van der Waals surface area contributed by atoms with Gasteiger partial charge in [-0.25, -0.2) is 4.98 Å². The van der Waals surface area contributed by atoms with Crippen molar-refractivity contribution in [3.05, 3.63) is 47.4 Å². The van der Waals surface area contributed by atoms with Gasteiger partial charge in [0.1, 0.15) is 5.75 Å². The summed E-state index contributed by atoms with van der Waals surface area (Å²) in [4.78, 5) is 8.20. The molecule has 4 nitrogen and oxygen atoms in total. The van der Waals surface area contributed by atoms with E-state index in [0.29, 0.717) is 22.7 Å². The number of nitrogens with zero attached hydrogens (tertiary/aromatic N) is 2. The number of halogens is 1. The molecule has 0 aromatic carbocycles. The first-order chi connectivity index (χ1) is 9.13. The van der Waals surface area contributed by atoms with Crippen molar-refractivity contribution in [3.63, 3.8) is 0 Å². The Morgan fingerprint density at radius 1 is 1.26 bits per heavy atom. The largest absolute Gasteiger partial charge is 0.437 e. The number of pyridine rings is 2. The van der Waals surface area contributed by atoms with Crippen LogP contribution in [0.5, 0.6) is 11.6 Å². The van der Waals surface area contributed by atoms with Gasteiger partial charge in [-0.05, 0) is 5.56 Å². The van der Waals surface area contributed by atoms with Gasteiger partial charge in [0.05, 0.1) is 11.2 Å². The number of rotatable bonds is 5. The van der Waals surface area contributed by atoms with E-state index in [0.717, 1.165) is 12.1 Å². The highest BCUT2D eigenvalue weighted by Gasteiger charge is 2.01. The van der Waals surface area contributed by atoms with E-state index >= 15 is 0 Å². The van der Waals surface area contributed by atoms with E-state index in [9.17, 15) is 0 Å². The predicted octanol–water partition coefficient (Wildman–Crippen LogP) is 3.42. The monoisotopic (exact) mass is 277 g/mol. The maximum atomic E-state index is 5.84. The molecule has 0 saturated carbocycles. The second kappa shape index (κ2) is 6.50. The van der Waals surface area contributed by atoms with Crippen molar-refractivity contribution < 1.29 is 4.74 Å². The number of hydrogen-bond acceptors (Lipinski definition) is 4. The van der Waals surface area contributed by atoms with Gasteiger partial charge in [-0.3, -0.25) is 4.98 Å². The minimum absolute atomic E-state index is 0.452. The zero-order chi connectivity index (χ0) is 13.7. The van der Waals surface area contributed by atoms with Gasteiger partial charge in [0, 0.05) is 37.1 Å². The number of nitrogens with one attached hydrogen (secondary N) is 1. The molecule has 0 bridgehead atoms. The fourth-order valence-corrected chi connectivity index (χ4v) is 1.63. The summed E-state index contributed by atoms with van der Waals surface area (Å²) in [5.74, 6) is 1.10. The number of aromatic nitrogens is 2. The third-order valence-corrected chi connectivity index (χ3v) is 2.62. The predicted molar refractivity (Wildman–Crippen MR) is 75.5 cm³/mol. The second-order valence-electron chi connectivity index (χ2n) is 4.48. The molecular formula is C14H16ClN3O. The number of ether oxygens (including phenoxy) is 1. The lowest BCUT2D eigenvalue weighted by Crippen LogP contribution is -2.21. The van der Waals surface area contributed by atoms with E-state index in [2.05, 4.69) is 29.1 Å². The van der Waals surface area contributed by atoms with E-state index in [4.69, 9.17) is 16.3 Å². The Bertz CT molecular complexity index is 528. The van der Waals surface area contributed by atoms with Gasteiger partial charge in [-0.15, -0.1) is 0 Å². The number of hydrogen-bond donors (Lipinski definition) is 1. The Morgan fingerprint density at radius 2 is 2.11 bits per heavy atom. The molecule has 2 aromatic rings. The molecule has 0 saturated heterocycles. The van der Waals surface area contributed by atoms with Crippen LogP contribution in [0.3, 0.4) is 0 Å². The van der Waals surface area contributed by atoms with Crippen molar-refractivity contribution in [2.75, 3.05) is 0 Å². The average Bonchev–Trinajstić information content (AvgIpc) is 2.38. The molecule has 0 spiro atoms. The Balaban J connectivity index is 1.98. The van der Waals surface area contributed by atoms with Gasteiger partial charge in [0.2, 0.25) is 5.88 Å². The lowest BCUT2D eigenvalue weighted by molar-refractivity contribution is 0.460. The van der Waals surface area contributed by atoms with Gasteiger partial charge in [0.15, 0.2) is 0 Å². The first kappa shape index (κ1) is 13.8. The Hall–Kier alpha value is -1.65. The molecular weight excluding hydrogens is 262 g/mol. The molecule has 2 rings (SSSR count). The molecule has 0 aliphatic rings. The highest BCUT2D eigenvalue weighted by molar-refractivity contribution is 6.30. The zero-order valence-corrected chi connectivity index (χ0v) is 11.7. The van der Waals surface area contributed by atoms with Crippen molar-refractivity contribution in [2.24, 2.45) is 0 Å². The van der Waals surface area contributed by atoms with Gasteiger partial charge in [-0.2, -0.15) is 0 Å². The summed E-state index contributed by atoms with van der Waals surface area (Å²) in [6.45, 7) is 5.01. The van der Waals surface area contributed by atoms with Crippen LogP contribution in [0.15, 0.2) is 36.8 Å². The van der Waals surface area contributed by atoms with Crippen LogP contribution in [0.25, 0.3) is 0 Å². The highest BCUT2D eigenvalue weighted by atomic mass is 35.5. The third kappa shape index (κ3) is 4.50. The Labute approximate surface area is 117 Å². The molecule has 0 amide bonds. The van der Waals surface area contributed by atoms with E-state index in [-0.39, 0.29) is 0 Å². The minimum atomic E-state index is 0.452.